The number of carbonyl (C=O) groups excluding carboxylic acids is 2. The summed E-state index contributed by atoms with van der Waals surface area (Å²) in [4.78, 5) is 39.2. The largest absolute Gasteiger partial charge is 0.444 e. The van der Waals surface area contributed by atoms with Crippen molar-refractivity contribution in [3.05, 3.63) is 87.8 Å². The molecule has 0 aliphatic heterocycles. The predicted molar refractivity (Wildman–Crippen MR) is 206 cm³/mol. The smallest absolute Gasteiger partial charge is 0.413 e. The number of hydrogen-bond acceptors (Lipinski definition) is 14. The first-order chi connectivity index (χ1) is 25.8. The van der Waals surface area contributed by atoms with Crippen LogP contribution in [0, 0.1) is 22.7 Å². The van der Waals surface area contributed by atoms with E-state index in [1.165, 1.54) is 39.9 Å². The van der Waals surface area contributed by atoms with E-state index in [9.17, 15) is 9.59 Å². The standard InChI is InChI=1S/C17H16ClN7O2.C10H15N3O2.C7H2Cl2N4/c1-17(2,3)27-16(26)24-13-5-4-11(9-20-13)22-14-6-12(18)23-15-10(7-19)8-21-25(14)15;1-10(2,3)15-9(14)13-8-5-4-7(11)6-12-8;8-5-1-6(9)13-7(12-5)4(2-10)3-11-13/h4-6,8-9,22H,1-3H3,(H,20,24,26);4-6H,11H2,1-3H3,(H,12,13,14);1,3H. The van der Waals surface area contributed by atoms with Crippen molar-refractivity contribution in [3.8, 4) is 12.1 Å². The highest BCUT2D eigenvalue weighted by molar-refractivity contribution is 6.33. The van der Waals surface area contributed by atoms with Crippen molar-refractivity contribution >= 4 is 87.1 Å². The lowest BCUT2D eigenvalue weighted by molar-refractivity contribution is 0.0624. The number of rotatable bonds is 4. The van der Waals surface area contributed by atoms with Gasteiger partial charge in [0.15, 0.2) is 11.3 Å². The van der Waals surface area contributed by atoms with Crippen LogP contribution in [0.4, 0.5) is 38.4 Å². The first kappa shape index (κ1) is 41.3. The van der Waals surface area contributed by atoms with Crippen LogP contribution in [-0.2, 0) is 9.47 Å². The summed E-state index contributed by atoms with van der Waals surface area (Å²) in [5.41, 5.74) is 6.91. The molecule has 0 aliphatic carbocycles. The Bertz CT molecular complexity index is 2390. The van der Waals surface area contributed by atoms with E-state index in [2.05, 4.69) is 46.1 Å². The Labute approximate surface area is 329 Å². The summed E-state index contributed by atoms with van der Waals surface area (Å²) >= 11 is 17.5. The van der Waals surface area contributed by atoms with E-state index in [1.54, 1.807) is 71.9 Å². The zero-order valence-corrected chi connectivity index (χ0v) is 32.4. The molecule has 6 heterocycles. The Balaban J connectivity index is 0.000000202. The quantitative estimate of drug-likeness (QED) is 0.125. The monoisotopic (exact) mass is 806 g/mol. The van der Waals surface area contributed by atoms with E-state index in [0.29, 0.717) is 56.4 Å². The third-order valence-corrected chi connectivity index (χ3v) is 6.82. The third-order valence-electron chi connectivity index (χ3n) is 6.16. The molecule has 6 aromatic rings. The highest BCUT2D eigenvalue weighted by atomic mass is 35.5. The molecule has 21 heteroatoms. The van der Waals surface area contributed by atoms with Crippen molar-refractivity contribution in [2.24, 2.45) is 0 Å². The van der Waals surface area contributed by atoms with Gasteiger partial charge in [0.25, 0.3) is 0 Å². The molecule has 6 rings (SSSR count). The van der Waals surface area contributed by atoms with Crippen LogP contribution in [0.5, 0.6) is 0 Å². The zero-order valence-electron chi connectivity index (χ0n) is 30.1. The summed E-state index contributed by atoms with van der Waals surface area (Å²) in [6, 6.07) is 13.6. The second-order valence-corrected chi connectivity index (χ2v) is 14.1. The van der Waals surface area contributed by atoms with Gasteiger partial charge in [-0.1, -0.05) is 34.8 Å². The molecule has 55 heavy (non-hydrogen) atoms. The minimum absolute atomic E-state index is 0.221. The van der Waals surface area contributed by atoms with Crippen LogP contribution < -0.4 is 21.7 Å². The lowest BCUT2D eigenvalue weighted by Gasteiger charge is -2.19. The molecule has 0 bridgehead atoms. The molecule has 0 aromatic carbocycles. The molecule has 0 saturated heterocycles. The van der Waals surface area contributed by atoms with Crippen LogP contribution in [0.3, 0.4) is 0 Å². The maximum atomic E-state index is 11.8. The van der Waals surface area contributed by atoms with Crippen molar-refractivity contribution in [3.63, 3.8) is 0 Å². The summed E-state index contributed by atoms with van der Waals surface area (Å²) in [5.74, 6) is 1.28. The Kier molecular flexibility index (Phi) is 13.2. The number of pyridine rings is 2. The van der Waals surface area contributed by atoms with Gasteiger partial charge < -0.3 is 20.5 Å². The van der Waals surface area contributed by atoms with Gasteiger partial charge in [-0.05, 0) is 65.8 Å². The third kappa shape index (κ3) is 12.3. The molecule has 0 atom stereocenters. The summed E-state index contributed by atoms with van der Waals surface area (Å²) in [6.45, 7) is 10.7. The maximum absolute atomic E-state index is 11.8. The Morgan fingerprint density at radius 3 is 1.69 bits per heavy atom. The van der Waals surface area contributed by atoms with Crippen molar-refractivity contribution in [1.82, 2.24) is 39.2 Å². The van der Waals surface area contributed by atoms with Gasteiger partial charge in [-0.3, -0.25) is 10.6 Å². The number of carbonyl (C=O) groups is 2. The Hall–Kier alpha value is -6.47. The molecular formula is C34H33Cl3N14O4. The highest BCUT2D eigenvalue weighted by Gasteiger charge is 2.18. The van der Waals surface area contributed by atoms with Gasteiger partial charge in [0, 0.05) is 12.1 Å². The molecule has 2 amide bonds. The molecule has 0 saturated carbocycles. The minimum atomic E-state index is -0.594. The molecular weight excluding hydrogens is 775 g/mol. The normalized spacial score (nSPS) is 10.8. The van der Waals surface area contributed by atoms with E-state index < -0.39 is 23.4 Å². The van der Waals surface area contributed by atoms with Gasteiger partial charge in [0.05, 0.1) is 36.2 Å². The zero-order chi connectivity index (χ0) is 40.5. The molecule has 284 valence electrons. The molecule has 0 unspecified atom stereocenters. The number of amides is 2. The lowest BCUT2D eigenvalue weighted by atomic mass is 10.2. The van der Waals surface area contributed by atoms with Crippen LogP contribution >= 0.6 is 34.8 Å². The second-order valence-electron chi connectivity index (χ2n) is 13.0. The molecule has 0 spiro atoms. The number of nitrogen functional groups attached to an aromatic ring is 1. The van der Waals surface area contributed by atoms with E-state index in [0.717, 1.165) is 0 Å². The maximum Gasteiger partial charge on any atom is 0.413 e. The van der Waals surface area contributed by atoms with Gasteiger partial charge in [-0.2, -0.15) is 25.2 Å². The molecule has 6 aromatic heterocycles. The van der Waals surface area contributed by atoms with Crippen LogP contribution in [0.25, 0.3) is 11.3 Å². The summed E-state index contributed by atoms with van der Waals surface area (Å²) in [5, 5.41) is 34.7. The van der Waals surface area contributed by atoms with Gasteiger partial charge in [0.1, 0.15) is 67.4 Å². The fraction of sp³-hybridized carbons (Fsp3) is 0.235. The fourth-order valence-electron chi connectivity index (χ4n) is 4.06. The Morgan fingerprint density at radius 1 is 0.727 bits per heavy atom. The van der Waals surface area contributed by atoms with E-state index in [1.807, 2.05) is 12.1 Å². The number of hydrogen-bond donors (Lipinski definition) is 4. The van der Waals surface area contributed by atoms with Crippen molar-refractivity contribution in [2.45, 2.75) is 52.7 Å². The van der Waals surface area contributed by atoms with E-state index >= 15 is 0 Å². The molecule has 5 N–H and O–H groups in total. The molecule has 0 aliphatic rings. The SMILES string of the molecule is CC(C)(C)OC(=O)Nc1ccc(N)cn1.CC(C)(C)OC(=O)Nc1ccc(Nc2cc(Cl)nc3c(C#N)cnn23)cn1.N#Cc1cnn2c(Cl)cc(Cl)nc12. The van der Waals surface area contributed by atoms with Gasteiger partial charge >= 0.3 is 12.2 Å². The first-order valence-corrected chi connectivity index (χ1v) is 17.0. The fourth-order valence-corrected chi connectivity index (χ4v) is 4.71. The number of nitrogens with one attached hydrogen (secondary N) is 3. The number of fused-ring (bicyclic) bond motifs is 2. The Morgan fingerprint density at radius 2 is 1.22 bits per heavy atom. The van der Waals surface area contributed by atoms with E-state index in [4.69, 9.17) is 60.5 Å². The highest BCUT2D eigenvalue weighted by Crippen LogP contribution is 2.23. The molecule has 0 radical (unpaired) electrons. The van der Waals surface area contributed by atoms with Crippen molar-refractivity contribution in [1.29, 1.82) is 10.5 Å². The molecule has 18 nitrogen and oxygen atoms in total. The van der Waals surface area contributed by atoms with Crippen LogP contribution in [-0.4, -0.2) is 62.6 Å². The number of nitriles is 2. The number of halogens is 3. The van der Waals surface area contributed by atoms with E-state index in [-0.39, 0.29) is 10.3 Å². The average Bonchev–Trinajstić information content (AvgIpc) is 3.69. The number of anilines is 5. The van der Waals surface area contributed by atoms with Crippen molar-refractivity contribution in [2.75, 3.05) is 21.7 Å². The summed E-state index contributed by atoms with van der Waals surface area (Å²) in [7, 11) is 0. The number of ether oxygens (including phenoxy) is 2. The number of nitrogens with zero attached hydrogens (tertiary/aromatic N) is 10. The first-order valence-electron chi connectivity index (χ1n) is 15.8. The van der Waals surface area contributed by atoms with Crippen LogP contribution in [0.2, 0.25) is 15.5 Å². The number of aromatic nitrogens is 8. The van der Waals surface area contributed by atoms with Crippen LogP contribution in [0.1, 0.15) is 52.7 Å². The summed E-state index contributed by atoms with van der Waals surface area (Å²) in [6.07, 6.45) is 4.69. The van der Waals surface area contributed by atoms with Crippen molar-refractivity contribution < 1.29 is 19.1 Å². The molecule has 0 fully saturated rings. The van der Waals surface area contributed by atoms with Crippen LogP contribution in [0.15, 0.2) is 61.2 Å². The van der Waals surface area contributed by atoms with Gasteiger partial charge in [0.2, 0.25) is 0 Å². The average molecular weight is 808 g/mol. The second kappa shape index (κ2) is 17.6. The topological polar surface area (TPSA) is 248 Å². The van der Waals surface area contributed by atoms with Gasteiger partial charge in [-0.15, -0.1) is 0 Å². The minimum Gasteiger partial charge on any atom is -0.444 e. The predicted octanol–water partition coefficient (Wildman–Crippen LogP) is 7.66. The lowest BCUT2D eigenvalue weighted by Crippen LogP contribution is -2.27. The van der Waals surface area contributed by atoms with Gasteiger partial charge in [-0.25, -0.2) is 34.0 Å². The number of nitrogens with two attached hydrogens (primary N) is 1. The summed E-state index contributed by atoms with van der Waals surface area (Å²) < 4.78 is 13.0.